The first-order valence-electron chi connectivity index (χ1n) is 6.63. The molecule has 5 heteroatoms. The zero-order chi connectivity index (χ0) is 15.4. The average molecular weight is 289 g/mol. The quantitative estimate of drug-likeness (QED) is 0.693. The molecule has 1 heterocycles. The van der Waals surface area contributed by atoms with Crippen LogP contribution in [0.25, 0.3) is 11.0 Å². The Kier molecular flexibility index (Phi) is 3.75. The molecule has 106 valence electrons. The minimum atomic E-state index is -0.435. The fraction of sp³-hybridized carbons (Fsp3) is 0.0588. The van der Waals surface area contributed by atoms with Gasteiger partial charge >= 0.3 is 5.97 Å². The van der Waals surface area contributed by atoms with Crippen molar-refractivity contribution in [1.29, 1.82) is 5.26 Å². The van der Waals surface area contributed by atoms with Gasteiger partial charge in [0, 0.05) is 12.4 Å². The SMILES string of the molecule is N#Cc1cccc(COC(=O)c2ccc3nccnc3c2)c1. The maximum absolute atomic E-state index is 12.1. The molecule has 0 saturated carbocycles. The van der Waals surface area contributed by atoms with E-state index in [1.54, 1.807) is 54.9 Å². The summed E-state index contributed by atoms with van der Waals surface area (Å²) in [6, 6.07) is 14.0. The zero-order valence-corrected chi connectivity index (χ0v) is 11.6. The summed E-state index contributed by atoms with van der Waals surface area (Å²) in [6.45, 7) is 0.118. The number of carbonyl (C=O) groups excluding carboxylic acids is 1. The van der Waals surface area contributed by atoms with Crippen molar-refractivity contribution in [2.45, 2.75) is 6.61 Å². The van der Waals surface area contributed by atoms with Crippen LogP contribution in [0.5, 0.6) is 0 Å². The molecular weight excluding hydrogens is 278 g/mol. The molecular formula is C17H11N3O2. The van der Waals surface area contributed by atoms with Crippen LogP contribution in [0.2, 0.25) is 0 Å². The van der Waals surface area contributed by atoms with Gasteiger partial charge in [0.15, 0.2) is 0 Å². The summed E-state index contributed by atoms with van der Waals surface area (Å²) in [6.07, 6.45) is 3.17. The normalized spacial score (nSPS) is 10.1. The molecule has 22 heavy (non-hydrogen) atoms. The molecule has 3 aromatic rings. The van der Waals surface area contributed by atoms with Gasteiger partial charge in [-0.25, -0.2) is 4.79 Å². The average Bonchev–Trinajstić information content (AvgIpc) is 2.59. The fourth-order valence-corrected chi connectivity index (χ4v) is 2.05. The Morgan fingerprint density at radius 2 is 1.91 bits per heavy atom. The largest absolute Gasteiger partial charge is 0.457 e. The molecule has 0 saturated heterocycles. The Morgan fingerprint density at radius 1 is 1.09 bits per heavy atom. The van der Waals surface area contributed by atoms with Crippen molar-refractivity contribution in [2.75, 3.05) is 0 Å². The van der Waals surface area contributed by atoms with Crippen LogP contribution < -0.4 is 0 Å². The third kappa shape index (κ3) is 2.91. The van der Waals surface area contributed by atoms with Crippen molar-refractivity contribution in [1.82, 2.24) is 9.97 Å². The third-order valence-electron chi connectivity index (χ3n) is 3.13. The van der Waals surface area contributed by atoms with E-state index in [4.69, 9.17) is 10.00 Å². The van der Waals surface area contributed by atoms with Gasteiger partial charge < -0.3 is 4.74 Å². The predicted octanol–water partition coefficient (Wildman–Crippen LogP) is 2.86. The lowest BCUT2D eigenvalue weighted by molar-refractivity contribution is 0.0473. The molecule has 0 aliphatic carbocycles. The standard InChI is InChI=1S/C17H11N3O2/c18-10-12-2-1-3-13(8-12)11-22-17(21)14-4-5-15-16(9-14)20-7-6-19-15/h1-9H,11H2. The smallest absolute Gasteiger partial charge is 0.338 e. The minimum Gasteiger partial charge on any atom is -0.457 e. The second-order valence-corrected chi connectivity index (χ2v) is 4.65. The summed E-state index contributed by atoms with van der Waals surface area (Å²) in [7, 11) is 0. The summed E-state index contributed by atoms with van der Waals surface area (Å²) >= 11 is 0. The van der Waals surface area contributed by atoms with Gasteiger partial charge in [-0.15, -0.1) is 0 Å². The second-order valence-electron chi connectivity index (χ2n) is 4.65. The Hall–Kier alpha value is -3.26. The monoisotopic (exact) mass is 289 g/mol. The summed E-state index contributed by atoms with van der Waals surface area (Å²) in [5.74, 6) is -0.435. The number of aromatic nitrogens is 2. The van der Waals surface area contributed by atoms with Gasteiger partial charge in [0.05, 0.1) is 28.2 Å². The van der Waals surface area contributed by atoms with E-state index >= 15 is 0 Å². The van der Waals surface area contributed by atoms with Gasteiger partial charge in [0.1, 0.15) is 6.61 Å². The number of hydrogen-bond donors (Lipinski definition) is 0. The minimum absolute atomic E-state index is 0.118. The topological polar surface area (TPSA) is 75.9 Å². The molecule has 0 aliphatic heterocycles. The van der Waals surface area contributed by atoms with Crippen LogP contribution >= 0.6 is 0 Å². The molecule has 0 amide bonds. The first-order chi connectivity index (χ1) is 10.8. The van der Waals surface area contributed by atoms with Crippen molar-refractivity contribution < 1.29 is 9.53 Å². The van der Waals surface area contributed by atoms with E-state index in [1.165, 1.54) is 0 Å². The molecule has 0 radical (unpaired) electrons. The number of carbonyl (C=O) groups is 1. The molecule has 0 fully saturated rings. The summed E-state index contributed by atoms with van der Waals surface area (Å²) in [4.78, 5) is 20.4. The van der Waals surface area contributed by atoms with Crippen LogP contribution in [0.15, 0.2) is 54.9 Å². The van der Waals surface area contributed by atoms with E-state index in [2.05, 4.69) is 16.0 Å². The molecule has 5 nitrogen and oxygen atoms in total. The molecule has 0 aliphatic rings. The lowest BCUT2D eigenvalue weighted by Gasteiger charge is -2.06. The van der Waals surface area contributed by atoms with Gasteiger partial charge in [0.2, 0.25) is 0 Å². The molecule has 3 rings (SSSR count). The van der Waals surface area contributed by atoms with Crippen LogP contribution in [0.4, 0.5) is 0 Å². The maximum atomic E-state index is 12.1. The van der Waals surface area contributed by atoms with Crippen LogP contribution in [-0.4, -0.2) is 15.9 Å². The number of nitriles is 1. The molecule has 0 atom stereocenters. The van der Waals surface area contributed by atoms with Crippen LogP contribution in [0.1, 0.15) is 21.5 Å². The highest BCUT2D eigenvalue weighted by Crippen LogP contribution is 2.13. The molecule has 1 aromatic heterocycles. The third-order valence-corrected chi connectivity index (χ3v) is 3.13. The van der Waals surface area contributed by atoms with Crippen molar-refractivity contribution in [3.8, 4) is 6.07 Å². The molecule has 2 aromatic carbocycles. The van der Waals surface area contributed by atoms with E-state index in [-0.39, 0.29) is 6.61 Å². The van der Waals surface area contributed by atoms with E-state index in [1.807, 2.05) is 0 Å². The van der Waals surface area contributed by atoms with E-state index in [0.29, 0.717) is 16.6 Å². The highest BCUT2D eigenvalue weighted by atomic mass is 16.5. The van der Waals surface area contributed by atoms with Gasteiger partial charge in [0.25, 0.3) is 0 Å². The van der Waals surface area contributed by atoms with E-state index in [0.717, 1.165) is 11.1 Å². The van der Waals surface area contributed by atoms with E-state index < -0.39 is 5.97 Å². The first kappa shape index (κ1) is 13.7. The van der Waals surface area contributed by atoms with Crippen molar-refractivity contribution in [3.05, 3.63) is 71.5 Å². The number of hydrogen-bond acceptors (Lipinski definition) is 5. The molecule has 0 bridgehead atoms. The van der Waals surface area contributed by atoms with Crippen molar-refractivity contribution >= 4 is 17.0 Å². The molecule has 0 unspecified atom stereocenters. The Balaban J connectivity index is 1.74. The van der Waals surface area contributed by atoms with Crippen LogP contribution in [0, 0.1) is 11.3 Å². The number of nitrogens with zero attached hydrogens (tertiary/aromatic N) is 3. The number of fused-ring (bicyclic) bond motifs is 1. The fourth-order valence-electron chi connectivity index (χ4n) is 2.05. The zero-order valence-electron chi connectivity index (χ0n) is 11.6. The van der Waals surface area contributed by atoms with Gasteiger partial charge in [-0.2, -0.15) is 5.26 Å². The summed E-state index contributed by atoms with van der Waals surface area (Å²) in [5, 5.41) is 8.85. The first-order valence-corrected chi connectivity index (χ1v) is 6.63. The highest BCUT2D eigenvalue weighted by molar-refractivity contribution is 5.93. The van der Waals surface area contributed by atoms with Crippen LogP contribution in [-0.2, 0) is 11.3 Å². The van der Waals surface area contributed by atoms with Gasteiger partial charge in [-0.3, -0.25) is 9.97 Å². The lowest BCUT2D eigenvalue weighted by Crippen LogP contribution is -2.05. The van der Waals surface area contributed by atoms with Gasteiger partial charge in [-0.05, 0) is 35.9 Å². The second kappa shape index (κ2) is 6.02. The number of ether oxygens (including phenoxy) is 1. The Bertz CT molecular complexity index is 884. The Morgan fingerprint density at radius 3 is 2.73 bits per heavy atom. The van der Waals surface area contributed by atoms with E-state index in [9.17, 15) is 4.79 Å². The van der Waals surface area contributed by atoms with Crippen molar-refractivity contribution in [3.63, 3.8) is 0 Å². The predicted molar refractivity (Wildman–Crippen MR) is 79.8 cm³/mol. The highest BCUT2D eigenvalue weighted by Gasteiger charge is 2.09. The number of esters is 1. The summed E-state index contributed by atoms with van der Waals surface area (Å²) < 4.78 is 5.27. The number of benzene rings is 2. The van der Waals surface area contributed by atoms with Gasteiger partial charge in [-0.1, -0.05) is 12.1 Å². The Labute approximate surface area is 126 Å². The molecule has 0 N–H and O–H groups in total. The summed E-state index contributed by atoms with van der Waals surface area (Å²) in [5.41, 5.74) is 3.09. The van der Waals surface area contributed by atoms with Crippen molar-refractivity contribution in [2.24, 2.45) is 0 Å². The molecule has 0 spiro atoms. The number of rotatable bonds is 3. The maximum Gasteiger partial charge on any atom is 0.338 e. The van der Waals surface area contributed by atoms with Crippen LogP contribution in [0.3, 0.4) is 0 Å². The lowest BCUT2D eigenvalue weighted by atomic mass is 10.1.